The average Bonchev–Trinajstić information content (AvgIpc) is 3.24. The number of halogens is 4. The Morgan fingerprint density at radius 3 is 2.19 bits per heavy atom. The van der Waals surface area contributed by atoms with Gasteiger partial charge >= 0.3 is 5.97 Å². The maximum absolute atomic E-state index is 13.2. The van der Waals surface area contributed by atoms with E-state index in [1.54, 1.807) is 48.5 Å². The third kappa shape index (κ3) is 5.63. The summed E-state index contributed by atoms with van der Waals surface area (Å²) in [6.07, 6.45) is 1.16. The number of alkyl halides is 2. The minimum absolute atomic E-state index is 0.112. The van der Waals surface area contributed by atoms with E-state index in [1.807, 2.05) is 0 Å². The molecule has 1 aliphatic heterocycles. The van der Waals surface area contributed by atoms with Crippen molar-refractivity contribution in [3.63, 3.8) is 0 Å². The van der Waals surface area contributed by atoms with E-state index in [1.165, 1.54) is 17.0 Å². The first-order chi connectivity index (χ1) is 20.6. The molecule has 1 aromatic heterocycles. The summed E-state index contributed by atoms with van der Waals surface area (Å²) in [5, 5.41) is 0.761. The normalized spacial score (nSPS) is 21.6. The Morgan fingerprint density at radius 2 is 1.56 bits per heavy atom. The molecule has 2 heterocycles. The van der Waals surface area contributed by atoms with E-state index in [0.717, 1.165) is 12.1 Å². The smallest absolute Gasteiger partial charge is 0.339 e. The van der Waals surface area contributed by atoms with Crippen LogP contribution in [-0.4, -0.2) is 44.8 Å². The summed E-state index contributed by atoms with van der Waals surface area (Å²) in [7, 11) is 0. The van der Waals surface area contributed by atoms with Crippen LogP contribution in [0, 0.1) is 17.7 Å². The molecule has 11 heteroatoms. The Hall–Kier alpha value is -3.47. The highest BCUT2D eigenvalue weighted by molar-refractivity contribution is 9.12. The molecule has 218 valence electrons. The number of imide groups is 1. The number of carbonyl (C=O) groups is 4. The summed E-state index contributed by atoms with van der Waals surface area (Å²) >= 11 is 13.7. The maximum atomic E-state index is 13.2. The van der Waals surface area contributed by atoms with Gasteiger partial charge in [0.25, 0.3) is 0 Å². The van der Waals surface area contributed by atoms with Crippen molar-refractivity contribution in [2.45, 2.75) is 22.5 Å². The zero-order valence-electron chi connectivity index (χ0n) is 22.3. The molecule has 1 aliphatic carbocycles. The van der Waals surface area contributed by atoms with Gasteiger partial charge in [0.05, 0.1) is 39.3 Å². The van der Waals surface area contributed by atoms with Crippen LogP contribution < -0.4 is 4.90 Å². The van der Waals surface area contributed by atoms with Gasteiger partial charge in [-0.05, 0) is 61.4 Å². The number of nitrogens with zero attached hydrogens (tertiary/aromatic N) is 2. The summed E-state index contributed by atoms with van der Waals surface area (Å²) in [5.74, 6) is -2.86. The summed E-state index contributed by atoms with van der Waals surface area (Å²) in [6, 6.07) is 18.3. The monoisotopic (exact) mass is 726 g/mol. The van der Waals surface area contributed by atoms with Crippen molar-refractivity contribution >= 4 is 83.6 Å². The molecule has 4 aromatic rings. The van der Waals surface area contributed by atoms with Gasteiger partial charge in [-0.15, -0.1) is 0 Å². The molecule has 43 heavy (non-hydrogen) atoms. The van der Waals surface area contributed by atoms with Crippen LogP contribution in [-0.2, 0) is 14.3 Å². The second-order valence-electron chi connectivity index (χ2n) is 10.5. The average molecular weight is 729 g/mol. The van der Waals surface area contributed by atoms with Crippen LogP contribution in [0.2, 0.25) is 5.02 Å². The molecule has 6 rings (SSSR count). The topological polar surface area (TPSA) is 93.6 Å². The zero-order chi connectivity index (χ0) is 30.4. The standard InChI is InChI=1S/C32H22Br2ClFN2O5/c33-24-12-21-22(13-25(24)34)31(41)38(30(21)40)19-10-6-16(7-11-19)27-14-23(20-2-1-3-26(35)29(20)37-27)32(42)43-15-28(39)17-4-8-18(36)9-5-17/h1-11,14,21-22,24-25H,12-13,15H2. The third-order valence-electron chi connectivity index (χ3n) is 7.84. The number of aromatic nitrogens is 1. The Bertz CT molecular complexity index is 1760. The van der Waals surface area contributed by atoms with Gasteiger partial charge in [-0.25, -0.2) is 14.2 Å². The predicted octanol–water partition coefficient (Wildman–Crippen LogP) is 7.16. The number of hydrogen-bond acceptors (Lipinski definition) is 6. The summed E-state index contributed by atoms with van der Waals surface area (Å²) in [5.41, 5.74) is 2.21. The lowest BCUT2D eigenvalue weighted by Gasteiger charge is -2.29. The fourth-order valence-electron chi connectivity index (χ4n) is 5.59. The fraction of sp³-hybridized carbons (Fsp3) is 0.219. The summed E-state index contributed by atoms with van der Waals surface area (Å²) in [6.45, 7) is -0.537. The van der Waals surface area contributed by atoms with E-state index in [2.05, 4.69) is 36.8 Å². The van der Waals surface area contributed by atoms with E-state index >= 15 is 0 Å². The van der Waals surface area contributed by atoms with Crippen molar-refractivity contribution in [3.8, 4) is 11.3 Å². The van der Waals surface area contributed by atoms with Crippen LogP contribution in [0.4, 0.5) is 10.1 Å². The highest BCUT2D eigenvalue weighted by atomic mass is 79.9. The molecular formula is C32H22Br2ClFN2O5. The van der Waals surface area contributed by atoms with Crippen molar-refractivity contribution in [1.82, 2.24) is 4.98 Å². The molecule has 0 bridgehead atoms. The molecule has 7 nitrogen and oxygen atoms in total. The van der Waals surface area contributed by atoms with E-state index in [4.69, 9.17) is 16.3 Å². The second-order valence-corrected chi connectivity index (χ2v) is 13.2. The Balaban J connectivity index is 1.28. The number of ketones is 1. The van der Waals surface area contributed by atoms with Crippen molar-refractivity contribution in [3.05, 3.63) is 94.8 Å². The van der Waals surface area contributed by atoms with Gasteiger partial charge in [0.1, 0.15) is 5.82 Å². The number of carbonyl (C=O) groups excluding carboxylic acids is 4. The Kier molecular flexibility index (Phi) is 8.19. The number of anilines is 1. The molecule has 1 saturated heterocycles. The molecular weight excluding hydrogens is 707 g/mol. The molecule has 0 radical (unpaired) electrons. The molecule has 2 aliphatic rings. The quantitative estimate of drug-likeness (QED) is 0.0906. The first-order valence-electron chi connectivity index (χ1n) is 13.4. The first kappa shape index (κ1) is 29.6. The Labute approximate surface area is 267 Å². The van der Waals surface area contributed by atoms with Crippen molar-refractivity contribution in [1.29, 1.82) is 0 Å². The summed E-state index contributed by atoms with van der Waals surface area (Å²) < 4.78 is 18.6. The van der Waals surface area contributed by atoms with Gasteiger partial charge in [-0.3, -0.25) is 19.3 Å². The number of benzene rings is 3. The lowest BCUT2D eigenvalue weighted by molar-refractivity contribution is -0.122. The fourth-order valence-corrected chi connectivity index (χ4v) is 7.04. The number of pyridine rings is 1. The van der Waals surface area contributed by atoms with Crippen LogP contribution in [0.3, 0.4) is 0 Å². The molecule has 0 N–H and O–H groups in total. The zero-order valence-corrected chi connectivity index (χ0v) is 26.2. The minimum Gasteiger partial charge on any atom is -0.454 e. The number of hydrogen-bond donors (Lipinski definition) is 0. The third-order valence-corrected chi connectivity index (χ3v) is 10.9. The van der Waals surface area contributed by atoms with Crippen LogP contribution in [0.5, 0.6) is 0 Å². The number of Topliss-reactive ketones (excluding diaryl/α,β-unsaturated/α-hetero) is 1. The first-order valence-corrected chi connectivity index (χ1v) is 15.6. The highest BCUT2D eigenvalue weighted by Gasteiger charge is 2.52. The highest BCUT2D eigenvalue weighted by Crippen LogP contribution is 2.44. The van der Waals surface area contributed by atoms with Gasteiger partial charge in [0, 0.05) is 26.2 Å². The predicted molar refractivity (Wildman–Crippen MR) is 167 cm³/mol. The van der Waals surface area contributed by atoms with Crippen molar-refractivity contribution in [2.75, 3.05) is 11.5 Å². The van der Waals surface area contributed by atoms with E-state index in [0.29, 0.717) is 45.7 Å². The molecule has 4 atom stereocenters. The van der Waals surface area contributed by atoms with E-state index in [-0.39, 0.29) is 44.4 Å². The lowest BCUT2D eigenvalue weighted by atomic mass is 9.81. The molecule has 2 amide bonds. The number of para-hydroxylation sites is 1. The van der Waals surface area contributed by atoms with Crippen LogP contribution >= 0.6 is 43.5 Å². The number of ether oxygens (including phenoxy) is 1. The van der Waals surface area contributed by atoms with Crippen molar-refractivity contribution < 1.29 is 28.3 Å². The minimum atomic E-state index is -0.756. The number of rotatable bonds is 6. The molecule has 1 saturated carbocycles. The van der Waals surface area contributed by atoms with Gasteiger partial charge in [0.15, 0.2) is 12.4 Å². The lowest BCUT2D eigenvalue weighted by Crippen LogP contribution is -2.34. The van der Waals surface area contributed by atoms with Crippen molar-refractivity contribution in [2.24, 2.45) is 11.8 Å². The van der Waals surface area contributed by atoms with E-state index in [9.17, 15) is 23.6 Å². The van der Waals surface area contributed by atoms with Gasteiger partial charge in [-0.2, -0.15) is 0 Å². The largest absolute Gasteiger partial charge is 0.454 e. The van der Waals surface area contributed by atoms with Gasteiger partial charge in [-0.1, -0.05) is 67.7 Å². The van der Waals surface area contributed by atoms with Crippen LogP contribution in [0.15, 0.2) is 72.8 Å². The second kappa shape index (κ2) is 11.9. The number of fused-ring (bicyclic) bond motifs is 2. The summed E-state index contributed by atoms with van der Waals surface area (Å²) in [4.78, 5) is 58.3. The molecule has 4 unspecified atom stereocenters. The SMILES string of the molecule is O=C(COC(=O)c1cc(-c2ccc(N3C(=O)C4CC(Br)C(Br)CC4C3=O)cc2)nc2c(Cl)cccc12)c1ccc(F)cc1. The van der Waals surface area contributed by atoms with E-state index < -0.39 is 24.2 Å². The molecule has 3 aromatic carbocycles. The Morgan fingerprint density at radius 1 is 0.930 bits per heavy atom. The molecule has 0 spiro atoms. The van der Waals surface area contributed by atoms with Gasteiger partial charge < -0.3 is 4.74 Å². The number of amides is 2. The van der Waals surface area contributed by atoms with Gasteiger partial charge in [0.2, 0.25) is 11.8 Å². The van der Waals surface area contributed by atoms with Crippen LogP contribution in [0.25, 0.3) is 22.2 Å². The number of esters is 1. The van der Waals surface area contributed by atoms with Crippen LogP contribution in [0.1, 0.15) is 33.6 Å². The molecule has 2 fully saturated rings. The maximum Gasteiger partial charge on any atom is 0.339 e.